The van der Waals surface area contributed by atoms with Crippen molar-refractivity contribution in [3.8, 4) is 0 Å². The van der Waals surface area contributed by atoms with Gasteiger partial charge in [0.2, 0.25) is 0 Å². The fraction of sp³-hybridized carbons (Fsp3) is 0.538. The molecule has 0 amide bonds. The lowest BCUT2D eigenvalue weighted by atomic mass is 9.85. The van der Waals surface area contributed by atoms with Crippen LogP contribution in [-0.2, 0) is 9.59 Å². The molecule has 2 aliphatic rings. The molecule has 1 saturated heterocycles. The summed E-state index contributed by atoms with van der Waals surface area (Å²) in [6, 6.07) is 0. The Kier molecular flexibility index (Phi) is 3.36. The first-order chi connectivity index (χ1) is 8.86. The lowest BCUT2D eigenvalue weighted by Gasteiger charge is -2.41. The molecule has 1 atom stereocenters. The molecule has 0 aromatic heterocycles. The molecule has 6 nitrogen and oxygen atoms in total. The summed E-state index contributed by atoms with van der Waals surface area (Å²) < 4.78 is 0. The van der Waals surface area contributed by atoms with Crippen molar-refractivity contribution >= 4 is 11.9 Å². The SMILES string of the molecule is CC1=C(C(=O)O)NC(C(=O)O)=CC1(C)N1CCCC1. The van der Waals surface area contributed by atoms with Gasteiger partial charge in [0, 0.05) is 0 Å². The molecule has 0 spiro atoms. The molecular formula is C13H18N2O4. The number of dihydropyridines is 1. The smallest absolute Gasteiger partial charge is 0.352 e. The van der Waals surface area contributed by atoms with E-state index in [1.54, 1.807) is 13.0 Å². The van der Waals surface area contributed by atoms with Crippen LogP contribution in [0.5, 0.6) is 0 Å². The van der Waals surface area contributed by atoms with E-state index in [-0.39, 0.29) is 11.4 Å². The van der Waals surface area contributed by atoms with Gasteiger partial charge in [-0.15, -0.1) is 0 Å². The first-order valence-corrected chi connectivity index (χ1v) is 6.29. The fourth-order valence-corrected chi connectivity index (χ4v) is 2.75. The van der Waals surface area contributed by atoms with Crippen molar-refractivity contribution in [2.45, 2.75) is 32.2 Å². The second-order valence-electron chi connectivity index (χ2n) is 5.13. The third-order valence-electron chi connectivity index (χ3n) is 4.03. The van der Waals surface area contributed by atoms with Crippen LogP contribution < -0.4 is 5.32 Å². The second kappa shape index (κ2) is 4.70. The van der Waals surface area contributed by atoms with E-state index in [1.807, 2.05) is 6.92 Å². The molecule has 0 aromatic carbocycles. The zero-order chi connectivity index (χ0) is 14.2. The van der Waals surface area contributed by atoms with Crippen molar-refractivity contribution in [2.24, 2.45) is 0 Å². The van der Waals surface area contributed by atoms with E-state index in [1.165, 1.54) is 0 Å². The van der Waals surface area contributed by atoms with Crippen molar-refractivity contribution in [3.05, 3.63) is 23.0 Å². The Morgan fingerprint density at radius 2 is 1.84 bits per heavy atom. The van der Waals surface area contributed by atoms with Crippen LogP contribution in [0.1, 0.15) is 26.7 Å². The molecule has 0 bridgehead atoms. The van der Waals surface area contributed by atoms with Gasteiger partial charge in [0.05, 0.1) is 5.54 Å². The minimum atomic E-state index is -1.14. The summed E-state index contributed by atoms with van der Waals surface area (Å²) in [4.78, 5) is 24.6. The van der Waals surface area contributed by atoms with Crippen LogP contribution in [0.15, 0.2) is 23.0 Å². The minimum Gasteiger partial charge on any atom is -0.477 e. The Labute approximate surface area is 111 Å². The summed E-state index contributed by atoms with van der Waals surface area (Å²) in [6.45, 7) is 5.32. The van der Waals surface area contributed by atoms with Gasteiger partial charge in [-0.25, -0.2) is 9.59 Å². The van der Waals surface area contributed by atoms with Gasteiger partial charge in [-0.2, -0.15) is 0 Å². The molecule has 19 heavy (non-hydrogen) atoms. The standard InChI is InChI=1S/C13H18N2O4/c1-8-10(12(18)19)14-9(11(16)17)7-13(8,2)15-5-3-4-6-15/h7,14H,3-6H2,1-2H3,(H,16,17)(H,18,19). The number of carboxylic acid groups (broad SMARTS) is 2. The molecule has 6 heteroatoms. The number of nitrogens with one attached hydrogen (secondary N) is 1. The highest BCUT2D eigenvalue weighted by Gasteiger charge is 2.40. The van der Waals surface area contributed by atoms with E-state index < -0.39 is 17.5 Å². The van der Waals surface area contributed by atoms with E-state index in [9.17, 15) is 14.7 Å². The van der Waals surface area contributed by atoms with Crippen LogP contribution in [0.3, 0.4) is 0 Å². The predicted octanol–water partition coefficient (Wildman–Crippen LogP) is 0.771. The number of nitrogens with zero attached hydrogens (tertiary/aromatic N) is 1. The molecule has 2 heterocycles. The second-order valence-corrected chi connectivity index (χ2v) is 5.13. The molecule has 3 N–H and O–H groups in total. The molecule has 2 aliphatic heterocycles. The maximum absolute atomic E-state index is 11.3. The topological polar surface area (TPSA) is 89.9 Å². The summed E-state index contributed by atoms with van der Waals surface area (Å²) in [7, 11) is 0. The van der Waals surface area contributed by atoms with Gasteiger partial charge < -0.3 is 15.5 Å². The molecule has 0 radical (unpaired) electrons. The maximum Gasteiger partial charge on any atom is 0.352 e. The zero-order valence-electron chi connectivity index (χ0n) is 11.1. The van der Waals surface area contributed by atoms with Crippen LogP contribution in [-0.4, -0.2) is 45.7 Å². The van der Waals surface area contributed by atoms with Gasteiger partial charge in [0.15, 0.2) is 0 Å². The molecule has 1 fully saturated rings. The van der Waals surface area contributed by atoms with E-state index >= 15 is 0 Å². The summed E-state index contributed by atoms with van der Waals surface area (Å²) in [5.41, 5.74) is -0.109. The van der Waals surface area contributed by atoms with Crippen LogP contribution in [0.2, 0.25) is 0 Å². The molecule has 2 rings (SSSR count). The molecular weight excluding hydrogens is 248 g/mol. The van der Waals surface area contributed by atoms with Crippen LogP contribution in [0, 0.1) is 0 Å². The zero-order valence-corrected chi connectivity index (χ0v) is 11.1. The summed E-state index contributed by atoms with van der Waals surface area (Å²) in [6.07, 6.45) is 3.71. The lowest BCUT2D eigenvalue weighted by molar-refractivity contribution is -0.133. The van der Waals surface area contributed by atoms with E-state index in [2.05, 4.69) is 10.2 Å². The van der Waals surface area contributed by atoms with Gasteiger partial charge in [0.1, 0.15) is 11.4 Å². The van der Waals surface area contributed by atoms with Gasteiger partial charge in [0.25, 0.3) is 0 Å². The third kappa shape index (κ3) is 2.23. The highest BCUT2D eigenvalue weighted by Crippen LogP contribution is 2.34. The highest BCUT2D eigenvalue weighted by atomic mass is 16.4. The van der Waals surface area contributed by atoms with Crippen LogP contribution in [0.4, 0.5) is 0 Å². The number of rotatable bonds is 3. The Morgan fingerprint density at radius 3 is 2.32 bits per heavy atom. The Balaban J connectivity index is 2.49. The highest BCUT2D eigenvalue weighted by molar-refractivity contribution is 5.94. The molecule has 0 aromatic rings. The Bertz CT molecular complexity index is 489. The largest absolute Gasteiger partial charge is 0.477 e. The maximum atomic E-state index is 11.3. The summed E-state index contributed by atoms with van der Waals surface area (Å²) in [5, 5.41) is 20.9. The average molecular weight is 266 g/mol. The predicted molar refractivity (Wildman–Crippen MR) is 68.4 cm³/mol. The van der Waals surface area contributed by atoms with Gasteiger partial charge >= 0.3 is 11.9 Å². The van der Waals surface area contributed by atoms with E-state index in [0.29, 0.717) is 5.57 Å². The number of aliphatic carboxylic acids is 2. The number of carboxylic acids is 2. The van der Waals surface area contributed by atoms with Crippen molar-refractivity contribution < 1.29 is 19.8 Å². The number of hydrogen-bond donors (Lipinski definition) is 3. The Hall–Kier alpha value is -1.82. The van der Waals surface area contributed by atoms with Crippen molar-refractivity contribution in [2.75, 3.05) is 13.1 Å². The summed E-state index contributed by atoms with van der Waals surface area (Å²) in [5.74, 6) is -2.27. The third-order valence-corrected chi connectivity index (χ3v) is 4.03. The molecule has 1 unspecified atom stereocenters. The lowest BCUT2D eigenvalue weighted by Crippen LogP contribution is -2.49. The Morgan fingerprint density at radius 1 is 1.26 bits per heavy atom. The van der Waals surface area contributed by atoms with Crippen molar-refractivity contribution in [1.29, 1.82) is 0 Å². The van der Waals surface area contributed by atoms with Crippen LogP contribution >= 0.6 is 0 Å². The molecule has 0 saturated carbocycles. The van der Waals surface area contributed by atoms with E-state index in [0.717, 1.165) is 25.9 Å². The van der Waals surface area contributed by atoms with Crippen molar-refractivity contribution in [3.63, 3.8) is 0 Å². The molecule has 0 aliphatic carbocycles. The molecule has 104 valence electrons. The normalized spacial score (nSPS) is 28.0. The quantitative estimate of drug-likeness (QED) is 0.699. The van der Waals surface area contributed by atoms with Crippen LogP contribution in [0.25, 0.3) is 0 Å². The minimum absolute atomic E-state index is 0.0331. The van der Waals surface area contributed by atoms with Gasteiger partial charge in [-0.05, 0) is 51.4 Å². The number of likely N-dealkylation sites (tertiary alicyclic amines) is 1. The van der Waals surface area contributed by atoms with Gasteiger partial charge in [-0.1, -0.05) is 0 Å². The average Bonchev–Trinajstić information content (AvgIpc) is 2.86. The first kappa shape index (κ1) is 13.6. The number of carbonyl (C=O) groups is 2. The number of hydrogen-bond acceptors (Lipinski definition) is 4. The first-order valence-electron chi connectivity index (χ1n) is 6.29. The monoisotopic (exact) mass is 266 g/mol. The van der Waals surface area contributed by atoms with Crippen molar-refractivity contribution in [1.82, 2.24) is 10.2 Å². The van der Waals surface area contributed by atoms with Gasteiger partial charge in [-0.3, -0.25) is 4.90 Å². The fourth-order valence-electron chi connectivity index (χ4n) is 2.75. The van der Waals surface area contributed by atoms with E-state index in [4.69, 9.17) is 5.11 Å². The summed E-state index contributed by atoms with van der Waals surface area (Å²) >= 11 is 0.